The van der Waals surface area contributed by atoms with Crippen LogP contribution in [0.2, 0.25) is 0 Å². The van der Waals surface area contributed by atoms with Crippen molar-refractivity contribution in [2.75, 3.05) is 64.2 Å². The number of carboxylic acid groups (broad SMARTS) is 4. The van der Waals surface area contributed by atoms with Crippen LogP contribution in [0.4, 0.5) is 5.69 Å². The second kappa shape index (κ2) is 22.1. The van der Waals surface area contributed by atoms with Gasteiger partial charge >= 0.3 is 23.9 Å². The third-order valence-corrected chi connectivity index (χ3v) is 6.82. The van der Waals surface area contributed by atoms with Crippen LogP contribution in [0.3, 0.4) is 0 Å². The minimum atomic E-state index is -1.22. The number of amides is 1. The Morgan fingerprint density at radius 1 is 0.558 bits per heavy atom. The van der Waals surface area contributed by atoms with Gasteiger partial charge < -0.3 is 25.7 Å². The number of aliphatic carboxylic acids is 4. The normalized spacial score (nSPS) is 11.3. The molecule has 0 fully saturated rings. The first-order chi connectivity index (χ1) is 20.5. The molecule has 43 heavy (non-hydrogen) atoms. The molecule has 0 bridgehead atoms. The van der Waals surface area contributed by atoms with E-state index >= 15 is 0 Å². The van der Waals surface area contributed by atoms with Crippen molar-refractivity contribution >= 4 is 35.5 Å². The van der Waals surface area contributed by atoms with Crippen LogP contribution in [0.15, 0.2) is 24.3 Å². The number of carboxylic acids is 4. The zero-order chi connectivity index (χ0) is 32.0. The minimum absolute atomic E-state index is 0.0274. The van der Waals surface area contributed by atoms with Crippen LogP contribution in [-0.2, 0) is 30.4 Å². The summed E-state index contributed by atoms with van der Waals surface area (Å²) in [5.74, 6) is -5.17. The number of hydrogen-bond acceptors (Lipinski definition) is 8. The molecular formula is C30H48N4O9. The summed E-state index contributed by atoms with van der Waals surface area (Å²) in [4.78, 5) is 61.5. The highest BCUT2D eigenvalue weighted by molar-refractivity contribution is 5.92. The van der Waals surface area contributed by atoms with E-state index in [0.717, 1.165) is 17.7 Å². The Bertz CT molecular complexity index is 988. The van der Waals surface area contributed by atoms with E-state index in [-0.39, 0.29) is 32.7 Å². The van der Waals surface area contributed by atoms with Crippen molar-refractivity contribution in [1.29, 1.82) is 0 Å². The lowest BCUT2D eigenvalue weighted by atomic mass is 10.0. The van der Waals surface area contributed by atoms with Crippen molar-refractivity contribution in [3.8, 4) is 0 Å². The summed E-state index contributed by atoms with van der Waals surface area (Å²) in [6.07, 6.45) is 11.0. The molecule has 0 aliphatic heterocycles. The van der Waals surface area contributed by atoms with Crippen molar-refractivity contribution in [1.82, 2.24) is 14.7 Å². The molecule has 0 atom stereocenters. The van der Waals surface area contributed by atoms with Crippen LogP contribution in [0.5, 0.6) is 0 Å². The predicted octanol–water partition coefficient (Wildman–Crippen LogP) is 2.55. The smallest absolute Gasteiger partial charge is 0.317 e. The van der Waals surface area contributed by atoms with Gasteiger partial charge in [-0.05, 0) is 30.5 Å². The Hall–Kier alpha value is -3.55. The van der Waals surface area contributed by atoms with Gasteiger partial charge in [-0.15, -0.1) is 0 Å². The SMILES string of the molecule is CCCCCCCCCCc1ccc(NC(=O)CN(CCN(CCN(CC(=O)O)CC(=O)O)CC(=O)O)CC(=O)O)cc1. The summed E-state index contributed by atoms with van der Waals surface area (Å²) in [5, 5.41) is 39.4. The molecule has 13 nitrogen and oxygen atoms in total. The van der Waals surface area contributed by atoms with E-state index in [1.165, 1.54) is 60.3 Å². The number of hydrogen-bond donors (Lipinski definition) is 5. The first-order valence-corrected chi connectivity index (χ1v) is 14.9. The molecule has 0 spiro atoms. The van der Waals surface area contributed by atoms with E-state index in [0.29, 0.717) is 5.69 Å². The molecule has 5 N–H and O–H groups in total. The largest absolute Gasteiger partial charge is 0.480 e. The zero-order valence-electron chi connectivity index (χ0n) is 25.2. The molecule has 13 heteroatoms. The van der Waals surface area contributed by atoms with Crippen LogP contribution < -0.4 is 5.32 Å². The van der Waals surface area contributed by atoms with Crippen molar-refractivity contribution in [3.05, 3.63) is 29.8 Å². The Morgan fingerprint density at radius 3 is 1.42 bits per heavy atom. The number of nitrogens with zero attached hydrogens (tertiary/aromatic N) is 3. The molecule has 1 aromatic rings. The first-order valence-electron chi connectivity index (χ1n) is 14.9. The van der Waals surface area contributed by atoms with Gasteiger partial charge in [-0.1, -0.05) is 64.0 Å². The lowest BCUT2D eigenvalue weighted by Gasteiger charge is -2.27. The summed E-state index contributed by atoms with van der Waals surface area (Å²) in [7, 11) is 0. The monoisotopic (exact) mass is 608 g/mol. The van der Waals surface area contributed by atoms with Crippen LogP contribution in [0, 0.1) is 0 Å². The number of nitrogens with one attached hydrogen (secondary N) is 1. The average Bonchev–Trinajstić information content (AvgIpc) is 2.91. The maximum atomic E-state index is 12.7. The third kappa shape index (κ3) is 20.1. The minimum Gasteiger partial charge on any atom is -0.480 e. The van der Waals surface area contributed by atoms with E-state index in [1.54, 1.807) is 0 Å². The van der Waals surface area contributed by atoms with Gasteiger partial charge in [0, 0.05) is 31.9 Å². The van der Waals surface area contributed by atoms with E-state index in [9.17, 15) is 34.2 Å². The van der Waals surface area contributed by atoms with Crippen LogP contribution in [0.25, 0.3) is 0 Å². The zero-order valence-corrected chi connectivity index (χ0v) is 25.2. The van der Waals surface area contributed by atoms with Crippen LogP contribution >= 0.6 is 0 Å². The van der Waals surface area contributed by atoms with Crippen molar-refractivity contribution in [3.63, 3.8) is 0 Å². The third-order valence-electron chi connectivity index (χ3n) is 6.82. The van der Waals surface area contributed by atoms with Gasteiger partial charge in [0.25, 0.3) is 0 Å². The van der Waals surface area contributed by atoms with E-state index < -0.39 is 56.0 Å². The lowest BCUT2D eigenvalue weighted by Crippen LogP contribution is -2.46. The number of carbonyl (C=O) groups excluding carboxylic acids is 1. The van der Waals surface area contributed by atoms with Crippen LogP contribution in [-0.4, -0.2) is 124 Å². The summed E-state index contributed by atoms with van der Waals surface area (Å²) in [6, 6.07) is 7.56. The Morgan fingerprint density at radius 2 is 0.953 bits per heavy atom. The van der Waals surface area contributed by atoms with E-state index in [2.05, 4.69) is 12.2 Å². The standard InChI is InChI=1S/C30H48N4O9/c1-2-3-4-5-6-7-8-9-10-24-11-13-25(14-12-24)31-26(35)19-33(21-28(38)39)17-15-32(20-27(36)37)16-18-34(22-29(40)41)23-30(42)43/h11-14H,2-10,15-23H2,1H3,(H,31,35)(H,36,37)(H,38,39)(H,40,41)(H,42,43). The molecule has 1 amide bonds. The van der Waals surface area contributed by atoms with Gasteiger partial charge in [0.1, 0.15) is 0 Å². The van der Waals surface area contributed by atoms with Crippen molar-refractivity contribution < 1.29 is 44.4 Å². The molecule has 0 unspecified atom stereocenters. The van der Waals surface area contributed by atoms with E-state index in [1.807, 2.05) is 24.3 Å². The molecule has 0 radical (unpaired) electrons. The average molecular weight is 609 g/mol. The number of carbonyl (C=O) groups is 5. The maximum Gasteiger partial charge on any atom is 0.317 e. The lowest BCUT2D eigenvalue weighted by molar-refractivity contribution is -0.143. The second-order valence-corrected chi connectivity index (χ2v) is 10.7. The highest BCUT2D eigenvalue weighted by atomic mass is 16.4. The fourth-order valence-corrected chi connectivity index (χ4v) is 4.65. The molecule has 242 valence electrons. The number of aryl methyl sites for hydroxylation is 1. The maximum absolute atomic E-state index is 12.7. The fraction of sp³-hybridized carbons (Fsp3) is 0.633. The van der Waals surface area contributed by atoms with Crippen LogP contribution in [0.1, 0.15) is 63.9 Å². The summed E-state index contributed by atoms with van der Waals surface area (Å²) in [6.45, 7) is 0.157. The summed E-state index contributed by atoms with van der Waals surface area (Å²) < 4.78 is 0. The highest BCUT2D eigenvalue weighted by Crippen LogP contribution is 2.14. The molecule has 0 aliphatic rings. The molecule has 0 saturated heterocycles. The number of unbranched alkanes of at least 4 members (excludes halogenated alkanes) is 7. The van der Waals surface area contributed by atoms with Crippen molar-refractivity contribution in [2.45, 2.75) is 64.7 Å². The number of rotatable bonds is 26. The van der Waals surface area contributed by atoms with Gasteiger partial charge in [-0.3, -0.25) is 38.7 Å². The Kier molecular flexibility index (Phi) is 19.2. The summed E-state index contributed by atoms with van der Waals surface area (Å²) in [5.41, 5.74) is 1.77. The quantitative estimate of drug-likeness (QED) is 0.0969. The number of benzene rings is 1. The fourth-order valence-electron chi connectivity index (χ4n) is 4.65. The van der Waals surface area contributed by atoms with Crippen molar-refractivity contribution in [2.24, 2.45) is 0 Å². The van der Waals surface area contributed by atoms with Gasteiger partial charge in [0.2, 0.25) is 5.91 Å². The second-order valence-electron chi connectivity index (χ2n) is 10.7. The van der Waals surface area contributed by atoms with Gasteiger partial charge in [0.15, 0.2) is 0 Å². The van der Waals surface area contributed by atoms with E-state index in [4.69, 9.17) is 10.2 Å². The molecular weight excluding hydrogens is 560 g/mol. The Labute approximate surface area is 253 Å². The molecule has 0 heterocycles. The topological polar surface area (TPSA) is 188 Å². The number of anilines is 1. The summed E-state index contributed by atoms with van der Waals surface area (Å²) >= 11 is 0. The first kappa shape index (κ1) is 37.5. The highest BCUT2D eigenvalue weighted by Gasteiger charge is 2.19. The predicted molar refractivity (Wildman–Crippen MR) is 161 cm³/mol. The van der Waals surface area contributed by atoms with Gasteiger partial charge in [-0.2, -0.15) is 0 Å². The molecule has 0 aromatic heterocycles. The molecule has 1 rings (SSSR count). The molecule has 1 aromatic carbocycles. The van der Waals surface area contributed by atoms with Gasteiger partial charge in [0.05, 0.1) is 32.7 Å². The Balaban J connectivity index is 2.61. The molecule has 0 aliphatic carbocycles. The molecule has 0 saturated carbocycles. The van der Waals surface area contributed by atoms with Gasteiger partial charge in [-0.25, -0.2) is 0 Å².